The minimum atomic E-state index is -0.617. The lowest BCUT2D eigenvalue weighted by atomic mass is 9.93. The molecule has 2 aromatic rings. The van der Waals surface area contributed by atoms with Crippen molar-refractivity contribution in [3.63, 3.8) is 0 Å². The average Bonchev–Trinajstić information content (AvgIpc) is 2.68. The Balaban J connectivity index is 1.80. The molecule has 0 spiro atoms. The maximum absolute atomic E-state index is 13.0. The fourth-order valence-corrected chi connectivity index (χ4v) is 3.41. The maximum atomic E-state index is 13.0. The fraction of sp³-hybridized carbons (Fsp3) is 0.409. The first-order valence-electron chi connectivity index (χ1n) is 10.00. The molecule has 30 heavy (non-hydrogen) atoms. The van der Waals surface area contributed by atoms with E-state index in [2.05, 4.69) is 16.0 Å². The molecule has 3 N–H and O–H groups in total. The van der Waals surface area contributed by atoms with Crippen LogP contribution in [-0.4, -0.2) is 61.6 Å². The van der Waals surface area contributed by atoms with E-state index >= 15 is 0 Å². The largest absolute Gasteiger partial charge is 0.444 e. The molecular formula is C22H28N4O4. The molecule has 160 valence electrons. The first-order valence-corrected chi connectivity index (χ1v) is 10.00. The zero-order valence-corrected chi connectivity index (χ0v) is 17.8. The Bertz CT molecular complexity index is 959. The van der Waals surface area contributed by atoms with E-state index in [-0.39, 0.29) is 24.9 Å². The molecule has 1 heterocycles. The highest BCUT2D eigenvalue weighted by Gasteiger charge is 2.33. The number of imide groups is 1. The Morgan fingerprint density at radius 2 is 1.70 bits per heavy atom. The quantitative estimate of drug-likeness (QED) is 0.478. The summed E-state index contributed by atoms with van der Waals surface area (Å²) in [5, 5.41) is 10.5. The van der Waals surface area contributed by atoms with Gasteiger partial charge in [0, 0.05) is 53.8 Å². The van der Waals surface area contributed by atoms with Gasteiger partial charge in [0.15, 0.2) is 0 Å². The number of rotatable bonds is 7. The van der Waals surface area contributed by atoms with Crippen LogP contribution in [0.15, 0.2) is 30.3 Å². The van der Waals surface area contributed by atoms with Gasteiger partial charge in [-0.05, 0) is 46.0 Å². The minimum Gasteiger partial charge on any atom is -0.444 e. The highest BCUT2D eigenvalue weighted by atomic mass is 16.6. The van der Waals surface area contributed by atoms with Crippen molar-refractivity contribution in [1.82, 2.24) is 15.5 Å². The smallest absolute Gasteiger partial charge is 0.407 e. The van der Waals surface area contributed by atoms with E-state index in [4.69, 9.17) is 4.74 Å². The fourth-order valence-electron chi connectivity index (χ4n) is 3.41. The lowest BCUT2D eigenvalue weighted by Crippen LogP contribution is -2.45. The number of amides is 3. The van der Waals surface area contributed by atoms with Gasteiger partial charge in [-0.2, -0.15) is 0 Å². The summed E-state index contributed by atoms with van der Waals surface area (Å²) in [6.45, 7) is 6.99. The van der Waals surface area contributed by atoms with Crippen LogP contribution in [0.3, 0.4) is 0 Å². The Morgan fingerprint density at radius 3 is 2.37 bits per heavy atom. The lowest BCUT2D eigenvalue weighted by Gasteiger charge is -2.28. The van der Waals surface area contributed by atoms with E-state index in [1.807, 2.05) is 25.2 Å². The van der Waals surface area contributed by atoms with E-state index in [9.17, 15) is 14.4 Å². The van der Waals surface area contributed by atoms with E-state index in [1.54, 1.807) is 32.9 Å². The third-order valence-electron chi connectivity index (χ3n) is 4.69. The third kappa shape index (κ3) is 4.54. The van der Waals surface area contributed by atoms with Crippen LogP contribution in [0.5, 0.6) is 0 Å². The molecule has 0 aromatic heterocycles. The van der Waals surface area contributed by atoms with Gasteiger partial charge in [-0.25, -0.2) is 4.79 Å². The average molecular weight is 412 g/mol. The topological polar surface area (TPSA) is 99.8 Å². The second-order valence-electron chi connectivity index (χ2n) is 8.11. The standard InChI is InChI=1S/C22H28N4O4/c1-22(2,3)30-21(29)25-12-13-26-19(27)15-7-5-6-14-17(24-11-10-23-4)9-8-16(18(14)15)20(26)28/h5-9,23-24H,10-13H2,1-4H3,(H,25,29). The van der Waals surface area contributed by atoms with Crippen LogP contribution >= 0.6 is 0 Å². The minimum absolute atomic E-state index is 0.0644. The molecule has 0 unspecified atom stereocenters. The number of anilines is 1. The first-order chi connectivity index (χ1) is 14.2. The Morgan fingerprint density at radius 1 is 1.00 bits per heavy atom. The Hall–Kier alpha value is -3.13. The number of likely N-dealkylation sites (N-methyl/N-ethyl adjacent to an activating group) is 1. The predicted molar refractivity (Wildman–Crippen MR) is 116 cm³/mol. The summed E-state index contributed by atoms with van der Waals surface area (Å²) in [7, 11) is 1.88. The molecule has 1 aliphatic rings. The number of benzene rings is 2. The van der Waals surface area contributed by atoms with E-state index < -0.39 is 11.7 Å². The molecule has 8 heteroatoms. The van der Waals surface area contributed by atoms with Crippen molar-refractivity contribution < 1.29 is 19.1 Å². The summed E-state index contributed by atoms with van der Waals surface area (Å²) in [6, 6.07) is 9.06. The summed E-state index contributed by atoms with van der Waals surface area (Å²) in [6.07, 6.45) is -0.584. The highest BCUT2D eigenvalue weighted by molar-refractivity contribution is 6.26. The number of nitrogens with zero attached hydrogens (tertiary/aromatic N) is 1. The van der Waals surface area contributed by atoms with Gasteiger partial charge in [-0.1, -0.05) is 12.1 Å². The second-order valence-corrected chi connectivity index (χ2v) is 8.11. The molecule has 0 radical (unpaired) electrons. The molecule has 0 bridgehead atoms. The van der Waals surface area contributed by atoms with Crippen molar-refractivity contribution in [3.05, 3.63) is 41.5 Å². The van der Waals surface area contributed by atoms with E-state index in [1.165, 1.54) is 4.90 Å². The molecule has 8 nitrogen and oxygen atoms in total. The molecule has 1 aliphatic heterocycles. The monoisotopic (exact) mass is 412 g/mol. The van der Waals surface area contributed by atoms with Crippen LogP contribution < -0.4 is 16.0 Å². The van der Waals surface area contributed by atoms with Crippen LogP contribution in [0.4, 0.5) is 10.5 Å². The van der Waals surface area contributed by atoms with Crippen molar-refractivity contribution in [2.75, 3.05) is 38.5 Å². The molecule has 3 rings (SSSR count). The molecule has 0 aliphatic carbocycles. The van der Waals surface area contributed by atoms with Gasteiger partial charge in [-0.15, -0.1) is 0 Å². The van der Waals surface area contributed by atoms with E-state index in [0.29, 0.717) is 16.5 Å². The molecule has 2 aromatic carbocycles. The first kappa shape index (κ1) is 21.6. The summed E-state index contributed by atoms with van der Waals surface area (Å²) in [4.78, 5) is 39.0. The van der Waals surface area contributed by atoms with Crippen LogP contribution in [0.1, 0.15) is 41.5 Å². The number of ether oxygens (including phenoxy) is 1. The number of hydrogen-bond acceptors (Lipinski definition) is 6. The van der Waals surface area contributed by atoms with E-state index in [0.717, 1.165) is 24.2 Å². The van der Waals surface area contributed by atoms with Gasteiger partial charge in [0.05, 0.1) is 0 Å². The molecule has 0 fully saturated rings. The highest BCUT2D eigenvalue weighted by Crippen LogP contribution is 2.34. The molecule has 0 saturated heterocycles. The van der Waals surface area contributed by atoms with Crippen LogP contribution in [-0.2, 0) is 4.74 Å². The van der Waals surface area contributed by atoms with Crippen LogP contribution in [0.2, 0.25) is 0 Å². The number of hydrogen-bond donors (Lipinski definition) is 3. The van der Waals surface area contributed by atoms with Crippen molar-refractivity contribution >= 4 is 34.4 Å². The van der Waals surface area contributed by atoms with Gasteiger partial charge in [0.25, 0.3) is 11.8 Å². The Labute approximate surface area is 175 Å². The van der Waals surface area contributed by atoms with Gasteiger partial charge >= 0.3 is 6.09 Å². The summed E-state index contributed by atoms with van der Waals surface area (Å²) < 4.78 is 5.19. The van der Waals surface area contributed by atoms with Crippen molar-refractivity contribution in [2.24, 2.45) is 0 Å². The van der Waals surface area contributed by atoms with Gasteiger partial charge in [-0.3, -0.25) is 14.5 Å². The van der Waals surface area contributed by atoms with Gasteiger partial charge < -0.3 is 20.7 Å². The number of carbonyl (C=O) groups excluding carboxylic acids is 3. The maximum Gasteiger partial charge on any atom is 0.407 e. The number of alkyl carbamates (subject to hydrolysis) is 1. The third-order valence-corrected chi connectivity index (χ3v) is 4.69. The zero-order valence-electron chi connectivity index (χ0n) is 17.8. The van der Waals surface area contributed by atoms with Gasteiger partial charge in [0.2, 0.25) is 0 Å². The predicted octanol–water partition coefficient (Wildman–Crippen LogP) is 2.59. The molecule has 0 atom stereocenters. The SMILES string of the molecule is CNCCNc1ccc2c3c(cccc13)C(=O)N(CCNC(=O)OC(C)(C)C)C2=O. The molecule has 0 saturated carbocycles. The summed E-state index contributed by atoms with van der Waals surface area (Å²) in [5.74, 6) is -0.729. The summed E-state index contributed by atoms with van der Waals surface area (Å²) in [5.41, 5.74) is 1.23. The number of carbonyl (C=O) groups is 3. The van der Waals surface area contributed by atoms with Crippen molar-refractivity contribution in [2.45, 2.75) is 26.4 Å². The van der Waals surface area contributed by atoms with Crippen LogP contribution in [0, 0.1) is 0 Å². The van der Waals surface area contributed by atoms with Crippen LogP contribution in [0.25, 0.3) is 10.8 Å². The number of nitrogens with one attached hydrogen (secondary N) is 3. The molecule has 3 amide bonds. The summed E-state index contributed by atoms with van der Waals surface area (Å²) >= 11 is 0. The van der Waals surface area contributed by atoms with Crippen molar-refractivity contribution in [1.29, 1.82) is 0 Å². The Kier molecular flexibility index (Phi) is 6.26. The molecular weight excluding hydrogens is 384 g/mol. The lowest BCUT2D eigenvalue weighted by molar-refractivity contribution is 0.0496. The second kappa shape index (κ2) is 8.71. The normalized spacial score (nSPS) is 13.5. The zero-order chi connectivity index (χ0) is 21.9. The van der Waals surface area contributed by atoms with Crippen molar-refractivity contribution in [3.8, 4) is 0 Å². The van der Waals surface area contributed by atoms with Gasteiger partial charge in [0.1, 0.15) is 5.60 Å².